The molecule has 0 aliphatic carbocycles. The van der Waals surface area contributed by atoms with Gasteiger partial charge in [0.2, 0.25) is 0 Å². The summed E-state index contributed by atoms with van der Waals surface area (Å²) in [4.78, 5) is 2.18. The van der Waals surface area contributed by atoms with E-state index in [1.807, 2.05) is 39.1 Å². The van der Waals surface area contributed by atoms with Gasteiger partial charge in [-0.1, -0.05) is 42.9 Å². The number of rotatable bonds is 8. The highest BCUT2D eigenvalue weighted by Gasteiger charge is 2.22. The largest absolute Gasteiger partial charge is 0.328 e. The summed E-state index contributed by atoms with van der Waals surface area (Å²) in [6, 6.07) is 5.55. The van der Waals surface area contributed by atoms with Crippen LogP contribution >= 0.6 is 0 Å². The van der Waals surface area contributed by atoms with Crippen LogP contribution in [0.15, 0.2) is 42.0 Å². The topological polar surface area (TPSA) is 29.3 Å². The monoisotopic (exact) mass is 318 g/mol. The first-order valence-corrected chi connectivity index (χ1v) is 8.42. The third-order valence-electron chi connectivity index (χ3n) is 3.99. The Morgan fingerprint density at radius 3 is 2.65 bits per heavy atom. The fourth-order valence-electron chi connectivity index (χ4n) is 2.67. The summed E-state index contributed by atoms with van der Waals surface area (Å²) in [7, 11) is 2.03. The first-order chi connectivity index (χ1) is 10.9. The van der Waals surface area contributed by atoms with Crippen molar-refractivity contribution in [1.82, 2.24) is 4.90 Å². The summed E-state index contributed by atoms with van der Waals surface area (Å²) in [5, 5.41) is 0. The van der Waals surface area contributed by atoms with Crippen molar-refractivity contribution in [2.45, 2.75) is 52.6 Å². The normalized spacial score (nSPS) is 15.4. The number of benzene rings is 1. The molecule has 23 heavy (non-hydrogen) atoms. The van der Waals surface area contributed by atoms with Gasteiger partial charge in [0, 0.05) is 18.2 Å². The van der Waals surface area contributed by atoms with Gasteiger partial charge in [0.15, 0.2) is 0 Å². The second kappa shape index (κ2) is 9.64. The Morgan fingerprint density at radius 2 is 2.09 bits per heavy atom. The molecule has 0 aromatic heterocycles. The molecule has 1 aromatic carbocycles. The summed E-state index contributed by atoms with van der Waals surface area (Å²) >= 11 is 0. The van der Waals surface area contributed by atoms with Gasteiger partial charge in [-0.3, -0.25) is 4.90 Å². The highest BCUT2D eigenvalue weighted by Crippen LogP contribution is 2.30. The van der Waals surface area contributed by atoms with Gasteiger partial charge in [0.25, 0.3) is 0 Å². The Hall–Kier alpha value is -1.45. The fraction of sp³-hybridized carbons (Fsp3) is 0.500. The molecule has 2 atom stereocenters. The van der Waals surface area contributed by atoms with Crippen LogP contribution in [0.2, 0.25) is 0 Å². The van der Waals surface area contributed by atoms with E-state index in [1.165, 1.54) is 0 Å². The molecule has 0 fully saturated rings. The van der Waals surface area contributed by atoms with E-state index in [0.717, 1.165) is 36.1 Å². The van der Waals surface area contributed by atoms with Crippen LogP contribution in [0.1, 0.15) is 50.8 Å². The summed E-state index contributed by atoms with van der Waals surface area (Å²) in [6.07, 6.45) is 8.12. The predicted molar refractivity (Wildman–Crippen MR) is 98.0 cm³/mol. The van der Waals surface area contributed by atoms with Crippen LogP contribution in [0.3, 0.4) is 0 Å². The molecule has 2 N–H and O–H groups in total. The number of nitrogens with zero attached hydrogens (tertiary/aromatic N) is 1. The van der Waals surface area contributed by atoms with Crippen LogP contribution in [0.5, 0.6) is 0 Å². The van der Waals surface area contributed by atoms with Gasteiger partial charge in [-0.05, 0) is 52.3 Å². The Balaban J connectivity index is 3.14. The number of nitrogens with two attached hydrogens (primary N) is 1. The van der Waals surface area contributed by atoms with E-state index in [2.05, 4.69) is 30.9 Å². The molecule has 0 heterocycles. The molecule has 0 aliphatic heterocycles. The van der Waals surface area contributed by atoms with E-state index in [1.54, 1.807) is 6.07 Å². The molecule has 3 heteroatoms. The van der Waals surface area contributed by atoms with Gasteiger partial charge in [-0.15, -0.1) is 0 Å². The first kappa shape index (κ1) is 19.6. The standard InChI is InChI=1S/C20H31FN2/c1-6-7-8-9-16(3)20(23(5)13-12-17(4)22)18-11-10-15(2)14-19(18)21/h7-11,14,17,20H,6,12-13,22H2,1-5H3/b8-7-,16-9+. The molecule has 1 rings (SSSR count). The number of likely N-dealkylation sites (N-methyl/N-ethyl adjacent to an activating group) is 1. The molecule has 1 aromatic rings. The molecule has 0 bridgehead atoms. The Morgan fingerprint density at radius 1 is 1.39 bits per heavy atom. The van der Waals surface area contributed by atoms with Crippen molar-refractivity contribution < 1.29 is 4.39 Å². The van der Waals surface area contributed by atoms with Crippen molar-refractivity contribution in [3.63, 3.8) is 0 Å². The van der Waals surface area contributed by atoms with Gasteiger partial charge >= 0.3 is 0 Å². The lowest BCUT2D eigenvalue weighted by atomic mass is 9.96. The van der Waals surface area contributed by atoms with Crippen molar-refractivity contribution in [3.05, 3.63) is 58.9 Å². The molecular weight excluding hydrogens is 287 g/mol. The Kier molecular flexibility index (Phi) is 8.21. The number of hydrogen-bond acceptors (Lipinski definition) is 2. The maximum atomic E-state index is 14.5. The summed E-state index contributed by atoms with van der Waals surface area (Å²) in [5.74, 6) is -0.144. The van der Waals surface area contributed by atoms with E-state index in [4.69, 9.17) is 5.73 Å². The maximum Gasteiger partial charge on any atom is 0.128 e. The van der Waals surface area contributed by atoms with E-state index in [9.17, 15) is 4.39 Å². The zero-order valence-corrected chi connectivity index (χ0v) is 15.1. The number of allylic oxidation sites excluding steroid dienone is 3. The molecule has 2 nitrogen and oxygen atoms in total. The van der Waals surface area contributed by atoms with Gasteiger partial charge in [-0.25, -0.2) is 4.39 Å². The molecule has 0 spiro atoms. The predicted octanol–water partition coefficient (Wildman–Crippen LogP) is 4.76. The number of aryl methyl sites for hydroxylation is 1. The molecular formula is C20H31FN2. The highest BCUT2D eigenvalue weighted by atomic mass is 19.1. The van der Waals surface area contributed by atoms with Crippen LogP contribution in [-0.2, 0) is 0 Å². The molecule has 0 aliphatic rings. The molecule has 0 saturated carbocycles. The van der Waals surface area contributed by atoms with E-state index in [-0.39, 0.29) is 17.9 Å². The molecule has 0 amide bonds. The Labute approximate surface area is 140 Å². The van der Waals surface area contributed by atoms with E-state index < -0.39 is 0 Å². The summed E-state index contributed by atoms with van der Waals surface area (Å²) in [5.41, 5.74) is 8.67. The lowest BCUT2D eigenvalue weighted by Gasteiger charge is -2.30. The van der Waals surface area contributed by atoms with Gasteiger partial charge < -0.3 is 5.73 Å². The smallest absolute Gasteiger partial charge is 0.128 e. The van der Waals surface area contributed by atoms with Crippen molar-refractivity contribution in [2.24, 2.45) is 5.73 Å². The number of hydrogen-bond donors (Lipinski definition) is 1. The van der Waals surface area contributed by atoms with E-state index in [0.29, 0.717) is 0 Å². The van der Waals surface area contributed by atoms with Gasteiger partial charge in [-0.2, -0.15) is 0 Å². The minimum absolute atomic E-state index is 0.0733. The minimum Gasteiger partial charge on any atom is -0.328 e. The van der Waals surface area contributed by atoms with Crippen molar-refractivity contribution in [3.8, 4) is 0 Å². The lowest BCUT2D eigenvalue weighted by Crippen LogP contribution is -2.30. The SMILES string of the molecule is CC/C=C\C=C(/C)C(c1ccc(C)cc1F)N(C)CCC(C)N. The van der Waals surface area contributed by atoms with E-state index >= 15 is 0 Å². The molecule has 128 valence electrons. The van der Waals surface area contributed by atoms with Crippen LogP contribution in [-0.4, -0.2) is 24.5 Å². The third kappa shape index (κ3) is 6.28. The molecule has 0 radical (unpaired) electrons. The van der Waals surface area contributed by atoms with Gasteiger partial charge in [0.05, 0.1) is 6.04 Å². The van der Waals surface area contributed by atoms with Gasteiger partial charge in [0.1, 0.15) is 5.82 Å². The minimum atomic E-state index is -0.144. The van der Waals surface area contributed by atoms with Crippen molar-refractivity contribution in [1.29, 1.82) is 0 Å². The zero-order valence-electron chi connectivity index (χ0n) is 15.1. The third-order valence-corrected chi connectivity index (χ3v) is 3.99. The molecule has 0 saturated heterocycles. The average Bonchev–Trinajstić information content (AvgIpc) is 2.48. The quantitative estimate of drug-likeness (QED) is 0.700. The first-order valence-electron chi connectivity index (χ1n) is 8.42. The summed E-state index contributed by atoms with van der Waals surface area (Å²) in [6.45, 7) is 8.91. The lowest BCUT2D eigenvalue weighted by molar-refractivity contribution is 0.260. The zero-order chi connectivity index (χ0) is 17.4. The van der Waals surface area contributed by atoms with Crippen LogP contribution in [0.25, 0.3) is 0 Å². The second-order valence-corrected chi connectivity index (χ2v) is 6.42. The van der Waals surface area contributed by atoms with Crippen molar-refractivity contribution >= 4 is 0 Å². The second-order valence-electron chi connectivity index (χ2n) is 6.42. The van der Waals surface area contributed by atoms with Crippen molar-refractivity contribution in [2.75, 3.05) is 13.6 Å². The maximum absolute atomic E-state index is 14.5. The average molecular weight is 318 g/mol. The highest BCUT2D eigenvalue weighted by molar-refractivity contribution is 5.33. The molecule has 2 unspecified atom stereocenters. The summed E-state index contributed by atoms with van der Waals surface area (Å²) < 4.78 is 14.5. The van der Waals surface area contributed by atoms with Crippen LogP contribution < -0.4 is 5.73 Å². The van der Waals surface area contributed by atoms with Crippen LogP contribution in [0, 0.1) is 12.7 Å². The fourth-order valence-corrected chi connectivity index (χ4v) is 2.67. The van der Waals surface area contributed by atoms with Crippen LogP contribution in [0.4, 0.5) is 4.39 Å². The Bertz CT molecular complexity index is 547. The number of halogens is 1.